The van der Waals surface area contributed by atoms with Crippen molar-refractivity contribution in [3.05, 3.63) is 42.2 Å². The number of fused-ring (bicyclic) bond motifs is 1. The molecular weight excluding hydrogens is 380 g/mol. The van der Waals surface area contributed by atoms with Gasteiger partial charge in [-0.2, -0.15) is 0 Å². The zero-order valence-electron chi connectivity index (χ0n) is 17.4. The Bertz CT molecular complexity index is 909. The van der Waals surface area contributed by atoms with E-state index in [9.17, 15) is 4.79 Å². The first-order valence-electron chi connectivity index (χ1n) is 10.9. The number of amides is 1. The van der Waals surface area contributed by atoms with Crippen LogP contribution in [0, 0.1) is 5.92 Å². The topological polar surface area (TPSA) is 67.8 Å². The van der Waals surface area contributed by atoms with Crippen LogP contribution in [0.2, 0.25) is 0 Å². The largest absolute Gasteiger partial charge is 0.492 e. The van der Waals surface area contributed by atoms with E-state index in [0.29, 0.717) is 24.6 Å². The molecule has 7 nitrogen and oxygen atoms in total. The minimum absolute atomic E-state index is 0.0814. The molecule has 0 N–H and O–H groups in total. The van der Waals surface area contributed by atoms with E-state index < -0.39 is 0 Å². The summed E-state index contributed by atoms with van der Waals surface area (Å²) in [6, 6.07) is 10.9. The first-order valence-corrected chi connectivity index (χ1v) is 10.9. The van der Waals surface area contributed by atoms with Gasteiger partial charge in [0.05, 0.1) is 13.0 Å². The third-order valence-corrected chi connectivity index (χ3v) is 6.44. The highest BCUT2D eigenvalue weighted by atomic mass is 16.5. The lowest BCUT2D eigenvalue weighted by Crippen LogP contribution is -2.50. The zero-order chi connectivity index (χ0) is 20.5. The number of rotatable bonds is 5. The summed E-state index contributed by atoms with van der Waals surface area (Å²) < 4.78 is 11.1. The molecule has 5 rings (SSSR count). The highest BCUT2D eigenvalue weighted by molar-refractivity contribution is 5.80. The number of ether oxygens (including phenoxy) is 2. The number of hydrogen-bond donors (Lipinski definition) is 0. The molecule has 2 fully saturated rings. The number of nitrogens with zero attached hydrogens (tertiary/aromatic N) is 4. The molecule has 1 amide bonds. The van der Waals surface area contributed by atoms with Gasteiger partial charge in [-0.3, -0.25) is 4.79 Å². The summed E-state index contributed by atoms with van der Waals surface area (Å²) >= 11 is 0. The Morgan fingerprint density at radius 1 is 1.13 bits per heavy atom. The van der Waals surface area contributed by atoms with Crippen molar-refractivity contribution in [2.75, 3.05) is 31.7 Å². The molecule has 30 heavy (non-hydrogen) atoms. The van der Waals surface area contributed by atoms with E-state index in [0.717, 1.165) is 49.5 Å². The Labute approximate surface area is 177 Å². The van der Waals surface area contributed by atoms with E-state index in [-0.39, 0.29) is 11.8 Å². The highest BCUT2D eigenvalue weighted by Gasteiger charge is 2.38. The molecule has 3 heterocycles. The van der Waals surface area contributed by atoms with E-state index in [1.807, 2.05) is 29.2 Å². The van der Waals surface area contributed by atoms with Crippen LogP contribution < -0.4 is 14.4 Å². The third kappa shape index (κ3) is 3.80. The predicted molar refractivity (Wildman–Crippen MR) is 113 cm³/mol. The predicted octanol–water partition coefficient (Wildman–Crippen LogP) is 2.70. The van der Waals surface area contributed by atoms with Crippen LogP contribution in [-0.2, 0) is 11.2 Å². The smallest absolute Gasteiger partial charge is 0.229 e. The number of para-hydroxylation sites is 1. The number of methoxy groups -OCH3 is 1. The van der Waals surface area contributed by atoms with Gasteiger partial charge >= 0.3 is 0 Å². The van der Waals surface area contributed by atoms with Crippen molar-refractivity contribution in [2.24, 2.45) is 5.92 Å². The Balaban J connectivity index is 1.23. The number of hydrogen-bond acceptors (Lipinski definition) is 6. The van der Waals surface area contributed by atoms with Gasteiger partial charge in [0.25, 0.3) is 0 Å². The maximum atomic E-state index is 13.1. The minimum atomic E-state index is -0.0814. The van der Waals surface area contributed by atoms with E-state index in [1.54, 1.807) is 13.4 Å². The molecule has 7 heteroatoms. The van der Waals surface area contributed by atoms with Gasteiger partial charge in [0.2, 0.25) is 11.8 Å². The number of carbonyl (C=O) groups excluding carboxylic acids is 1. The SMILES string of the molecule is COc1cc(N(C2CC2)C2CCN(C(=O)C3COc4ccccc4C3)CC2)ncn1. The molecule has 2 aromatic rings. The number of piperidine rings is 1. The first kappa shape index (κ1) is 19.2. The van der Waals surface area contributed by atoms with Crippen molar-refractivity contribution in [1.29, 1.82) is 0 Å². The minimum Gasteiger partial charge on any atom is -0.492 e. The molecular formula is C23H28N4O3. The zero-order valence-corrected chi connectivity index (χ0v) is 17.4. The van der Waals surface area contributed by atoms with Crippen LogP contribution in [0.3, 0.4) is 0 Å². The van der Waals surface area contributed by atoms with Gasteiger partial charge in [-0.25, -0.2) is 9.97 Å². The first-order chi connectivity index (χ1) is 14.7. The second kappa shape index (κ2) is 8.13. The number of likely N-dealkylation sites (tertiary alicyclic amines) is 1. The maximum absolute atomic E-state index is 13.1. The molecule has 1 aliphatic carbocycles. The van der Waals surface area contributed by atoms with E-state index in [2.05, 4.69) is 20.9 Å². The van der Waals surface area contributed by atoms with Crippen LogP contribution in [0.25, 0.3) is 0 Å². The highest BCUT2D eigenvalue weighted by Crippen LogP contribution is 2.36. The summed E-state index contributed by atoms with van der Waals surface area (Å²) in [5, 5.41) is 0. The van der Waals surface area contributed by atoms with Crippen LogP contribution in [0.1, 0.15) is 31.2 Å². The van der Waals surface area contributed by atoms with Crippen molar-refractivity contribution in [3.63, 3.8) is 0 Å². The van der Waals surface area contributed by atoms with Crippen molar-refractivity contribution < 1.29 is 14.3 Å². The van der Waals surface area contributed by atoms with Gasteiger partial charge in [-0.1, -0.05) is 18.2 Å². The fraction of sp³-hybridized carbons (Fsp3) is 0.522. The van der Waals surface area contributed by atoms with Crippen molar-refractivity contribution in [2.45, 2.75) is 44.2 Å². The molecule has 158 valence electrons. The van der Waals surface area contributed by atoms with Gasteiger partial charge in [0, 0.05) is 31.2 Å². The summed E-state index contributed by atoms with van der Waals surface area (Å²) in [4.78, 5) is 26.3. The molecule has 1 unspecified atom stereocenters. The van der Waals surface area contributed by atoms with Crippen LogP contribution in [0.5, 0.6) is 11.6 Å². The average Bonchev–Trinajstić information content (AvgIpc) is 3.64. The van der Waals surface area contributed by atoms with Crippen LogP contribution in [-0.4, -0.2) is 59.7 Å². The van der Waals surface area contributed by atoms with Crippen LogP contribution >= 0.6 is 0 Å². The Morgan fingerprint density at radius 3 is 2.67 bits per heavy atom. The molecule has 2 aliphatic heterocycles. The normalized spacial score (nSPS) is 21.5. The fourth-order valence-electron chi connectivity index (χ4n) is 4.72. The average molecular weight is 409 g/mol. The quantitative estimate of drug-likeness (QED) is 0.758. The van der Waals surface area contributed by atoms with E-state index >= 15 is 0 Å². The molecule has 1 aromatic carbocycles. The van der Waals surface area contributed by atoms with Gasteiger partial charge in [-0.05, 0) is 43.7 Å². The Kier molecular flexibility index (Phi) is 5.19. The summed E-state index contributed by atoms with van der Waals surface area (Å²) in [6.07, 6.45) is 6.65. The molecule has 0 bridgehead atoms. The van der Waals surface area contributed by atoms with Crippen molar-refractivity contribution in [3.8, 4) is 11.6 Å². The summed E-state index contributed by atoms with van der Waals surface area (Å²) in [6.45, 7) is 2.05. The van der Waals surface area contributed by atoms with Gasteiger partial charge in [0.1, 0.15) is 24.5 Å². The summed E-state index contributed by atoms with van der Waals surface area (Å²) in [5.41, 5.74) is 1.13. The van der Waals surface area contributed by atoms with Crippen LogP contribution in [0.4, 0.5) is 5.82 Å². The molecule has 0 spiro atoms. The molecule has 1 saturated carbocycles. The molecule has 1 aromatic heterocycles. The van der Waals surface area contributed by atoms with Crippen LogP contribution in [0.15, 0.2) is 36.7 Å². The number of aromatic nitrogens is 2. The lowest BCUT2D eigenvalue weighted by atomic mass is 9.94. The van der Waals surface area contributed by atoms with E-state index in [1.165, 1.54) is 12.8 Å². The fourth-order valence-corrected chi connectivity index (χ4v) is 4.72. The summed E-state index contributed by atoms with van der Waals surface area (Å²) in [5.74, 6) is 2.59. The molecule has 1 atom stereocenters. The Morgan fingerprint density at radius 2 is 1.90 bits per heavy atom. The molecule has 0 radical (unpaired) electrons. The van der Waals surface area contributed by atoms with Crippen molar-refractivity contribution >= 4 is 11.7 Å². The lowest BCUT2D eigenvalue weighted by molar-refractivity contribution is -0.138. The van der Waals surface area contributed by atoms with Gasteiger partial charge < -0.3 is 19.3 Å². The van der Waals surface area contributed by atoms with Gasteiger partial charge in [-0.15, -0.1) is 0 Å². The lowest BCUT2D eigenvalue weighted by Gasteiger charge is -2.40. The second-order valence-electron chi connectivity index (χ2n) is 8.43. The standard InChI is InChI=1S/C23H28N4O3/c1-29-22-13-21(24-15-25-22)27(18-6-7-18)19-8-10-26(11-9-19)23(28)17-12-16-4-2-3-5-20(16)30-14-17/h2-5,13,15,17-19H,6-12,14H2,1H3. The monoisotopic (exact) mass is 408 g/mol. The van der Waals surface area contributed by atoms with Crippen molar-refractivity contribution in [1.82, 2.24) is 14.9 Å². The summed E-state index contributed by atoms with van der Waals surface area (Å²) in [7, 11) is 1.63. The van der Waals surface area contributed by atoms with E-state index in [4.69, 9.17) is 9.47 Å². The second-order valence-corrected chi connectivity index (χ2v) is 8.43. The molecule has 1 saturated heterocycles. The number of benzene rings is 1. The van der Waals surface area contributed by atoms with Gasteiger partial charge in [0.15, 0.2) is 0 Å². The Hall–Kier alpha value is -2.83. The number of carbonyl (C=O) groups is 1. The maximum Gasteiger partial charge on any atom is 0.229 e. The molecule has 3 aliphatic rings. The number of anilines is 1. The third-order valence-electron chi connectivity index (χ3n) is 6.44.